The highest BCUT2D eigenvalue weighted by Gasteiger charge is 2.17. The van der Waals surface area contributed by atoms with Gasteiger partial charge in [-0.05, 0) is 37.6 Å². The van der Waals surface area contributed by atoms with Gasteiger partial charge in [0.15, 0.2) is 0 Å². The summed E-state index contributed by atoms with van der Waals surface area (Å²) in [6.45, 7) is 3.84. The predicted molar refractivity (Wildman–Crippen MR) is 65.4 cm³/mol. The van der Waals surface area contributed by atoms with Gasteiger partial charge in [0.1, 0.15) is 0 Å². The molecule has 0 fully saturated rings. The Labute approximate surface area is 109 Å². The molecule has 6 heteroatoms. The van der Waals surface area contributed by atoms with Gasteiger partial charge >= 0.3 is 11.9 Å². The Morgan fingerprint density at radius 3 is 2.89 bits per heavy atom. The first-order chi connectivity index (χ1) is 8.61. The number of carbonyl (C=O) groups is 1. The highest BCUT2D eigenvalue weighted by atomic mass is 35.5. The van der Waals surface area contributed by atoms with Gasteiger partial charge in [0.2, 0.25) is 5.89 Å². The molecule has 2 rings (SSSR count). The minimum absolute atomic E-state index is 0.152. The number of hydrogen-bond donors (Lipinski definition) is 0. The van der Waals surface area contributed by atoms with Crippen molar-refractivity contribution in [3.8, 4) is 11.5 Å². The lowest BCUT2D eigenvalue weighted by Crippen LogP contribution is -2.04. The summed E-state index contributed by atoms with van der Waals surface area (Å²) in [5.74, 6) is -0.503. The van der Waals surface area contributed by atoms with Crippen LogP contribution in [-0.4, -0.2) is 22.8 Å². The topological polar surface area (TPSA) is 65.2 Å². The number of esters is 1. The van der Waals surface area contributed by atoms with Crippen LogP contribution in [-0.2, 0) is 4.74 Å². The lowest BCUT2D eigenvalue weighted by molar-refractivity contribution is 0.0481. The molecule has 5 nitrogen and oxygen atoms in total. The zero-order valence-electron chi connectivity index (χ0n) is 9.94. The predicted octanol–water partition coefficient (Wildman–Crippen LogP) is 2.88. The molecule has 0 N–H and O–H groups in total. The normalized spacial score (nSPS) is 10.4. The molecule has 94 valence electrons. The zero-order valence-corrected chi connectivity index (χ0v) is 10.7. The molecule has 1 aromatic carbocycles. The number of carbonyl (C=O) groups excluding carboxylic acids is 1. The van der Waals surface area contributed by atoms with Crippen LogP contribution in [0.2, 0.25) is 5.02 Å². The van der Waals surface area contributed by atoms with E-state index < -0.39 is 5.97 Å². The first-order valence-corrected chi connectivity index (χ1v) is 5.76. The Bertz CT molecular complexity index is 580. The molecule has 0 radical (unpaired) electrons. The summed E-state index contributed by atoms with van der Waals surface area (Å²) in [4.78, 5) is 11.4. The summed E-state index contributed by atoms with van der Waals surface area (Å²) < 4.78 is 10.0. The number of halogens is 1. The average molecular weight is 267 g/mol. The van der Waals surface area contributed by atoms with Crippen LogP contribution in [0.5, 0.6) is 0 Å². The van der Waals surface area contributed by atoms with Gasteiger partial charge in [-0.15, -0.1) is 10.2 Å². The summed E-state index contributed by atoms with van der Waals surface area (Å²) in [6.07, 6.45) is 0. The number of nitrogens with zero attached hydrogens (tertiary/aromatic N) is 2. The lowest BCUT2D eigenvalue weighted by Gasteiger charge is -2.00. The van der Waals surface area contributed by atoms with Gasteiger partial charge in [-0.25, -0.2) is 4.79 Å². The van der Waals surface area contributed by atoms with Gasteiger partial charge in [-0.1, -0.05) is 11.6 Å². The third-order valence-electron chi connectivity index (χ3n) is 2.29. The van der Waals surface area contributed by atoms with Gasteiger partial charge in [0.05, 0.1) is 6.61 Å². The van der Waals surface area contributed by atoms with Crippen LogP contribution in [0.3, 0.4) is 0 Å². The molecular formula is C12H11ClN2O3. The Morgan fingerprint density at radius 2 is 2.22 bits per heavy atom. The van der Waals surface area contributed by atoms with Crippen molar-refractivity contribution in [2.24, 2.45) is 0 Å². The van der Waals surface area contributed by atoms with Gasteiger partial charge in [-0.3, -0.25) is 0 Å². The molecule has 0 amide bonds. The fraction of sp³-hybridized carbons (Fsp3) is 0.250. The van der Waals surface area contributed by atoms with Crippen LogP contribution in [0.15, 0.2) is 22.6 Å². The minimum Gasteiger partial charge on any atom is -0.459 e. The third-order valence-corrected chi connectivity index (χ3v) is 2.53. The fourth-order valence-electron chi connectivity index (χ4n) is 1.47. The van der Waals surface area contributed by atoms with E-state index in [1.807, 2.05) is 6.92 Å². The van der Waals surface area contributed by atoms with Crippen molar-refractivity contribution < 1.29 is 13.9 Å². The number of aromatic nitrogens is 2. The molecule has 0 bridgehead atoms. The zero-order chi connectivity index (χ0) is 13.1. The molecule has 0 unspecified atom stereocenters. The summed E-state index contributed by atoms with van der Waals surface area (Å²) in [5.41, 5.74) is 1.63. The molecule has 0 saturated carbocycles. The Morgan fingerprint density at radius 1 is 1.44 bits per heavy atom. The van der Waals surface area contributed by atoms with Crippen LogP contribution in [0.4, 0.5) is 0 Å². The molecule has 1 aromatic heterocycles. The van der Waals surface area contributed by atoms with E-state index in [0.717, 1.165) is 11.1 Å². The molecule has 1 heterocycles. The van der Waals surface area contributed by atoms with E-state index in [-0.39, 0.29) is 18.4 Å². The molecule has 2 aromatic rings. The highest BCUT2D eigenvalue weighted by Crippen LogP contribution is 2.24. The molecule has 0 aliphatic heterocycles. The van der Waals surface area contributed by atoms with E-state index in [0.29, 0.717) is 5.02 Å². The maximum absolute atomic E-state index is 11.4. The minimum atomic E-state index is -0.622. The summed E-state index contributed by atoms with van der Waals surface area (Å²) in [5, 5.41) is 8.10. The van der Waals surface area contributed by atoms with E-state index in [1.54, 1.807) is 25.1 Å². The van der Waals surface area contributed by atoms with E-state index >= 15 is 0 Å². The standard InChI is InChI=1S/C12H11ClN2O3/c1-3-17-12(16)11-15-14-10(18-11)9-5-4-8(13)6-7(9)2/h4-6H,3H2,1-2H3. The smallest absolute Gasteiger partial charge is 0.396 e. The van der Waals surface area contributed by atoms with Crippen LogP contribution in [0.25, 0.3) is 11.5 Å². The van der Waals surface area contributed by atoms with Crippen molar-refractivity contribution in [1.29, 1.82) is 0 Å². The Balaban J connectivity index is 2.32. The first kappa shape index (κ1) is 12.6. The van der Waals surface area contributed by atoms with Gasteiger partial charge < -0.3 is 9.15 Å². The molecular weight excluding hydrogens is 256 g/mol. The highest BCUT2D eigenvalue weighted by molar-refractivity contribution is 6.30. The third kappa shape index (κ3) is 2.51. The van der Waals surface area contributed by atoms with Gasteiger partial charge in [0.25, 0.3) is 0 Å². The van der Waals surface area contributed by atoms with E-state index in [9.17, 15) is 4.79 Å². The molecule has 0 spiro atoms. The number of rotatable bonds is 3. The molecule has 0 saturated heterocycles. The summed E-state index contributed by atoms with van der Waals surface area (Å²) >= 11 is 5.86. The second-order valence-electron chi connectivity index (χ2n) is 3.59. The van der Waals surface area contributed by atoms with Crippen molar-refractivity contribution in [1.82, 2.24) is 10.2 Å². The number of ether oxygens (including phenoxy) is 1. The number of hydrogen-bond acceptors (Lipinski definition) is 5. The molecule has 0 aliphatic carbocycles. The van der Waals surface area contributed by atoms with Gasteiger partial charge in [-0.2, -0.15) is 0 Å². The van der Waals surface area contributed by atoms with Crippen LogP contribution < -0.4 is 0 Å². The SMILES string of the molecule is CCOC(=O)c1nnc(-c2ccc(Cl)cc2C)o1. The second-order valence-corrected chi connectivity index (χ2v) is 4.03. The van der Waals surface area contributed by atoms with Crippen molar-refractivity contribution in [2.75, 3.05) is 6.61 Å². The fourth-order valence-corrected chi connectivity index (χ4v) is 1.70. The number of benzene rings is 1. The summed E-state index contributed by atoms with van der Waals surface area (Å²) in [6, 6.07) is 5.27. The monoisotopic (exact) mass is 266 g/mol. The Hall–Kier alpha value is -1.88. The van der Waals surface area contributed by atoms with Crippen LogP contribution in [0.1, 0.15) is 23.2 Å². The summed E-state index contributed by atoms with van der Waals surface area (Å²) in [7, 11) is 0. The maximum Gasteiger partial charge on any atom is 0.396 e. The van der Waals surface area contributed by atoms with Crippen LogP contribution in [0, 0.1) is 6.92 Å². The van der Waals surface area contributed by atoms with Crippen LogP contribution >= 0.6 is 11.6 Å². The van der Waals surface area contributed by atoms with Gasteiger partial charge in [0, 0.05) is 10.6 Å². The van der Waals surface area contributed by atoms with Crippen molar-refractivity contribution >= 4 is 17.6 Å². The molecule has 0 aliphatic rings. The van der Waals surface area contributed by atoms with E-state index in [1.165, 1.54) is 0 Å². The second kappa shape index (κ2) is 5.18. The molecule has 18 heavy (non-hydrogen) atoms. The van der Waals surface area contributed by atoms with Crippen molar-refractivity contribution in [3.05, 3.63) is 34.7 Å². The maximum atomic E-state index is 11.4. The number of aryl methyl sites for hydroxylation is 1. The largest absolute Gasteiger partial charge is 0.459 e. The quantitative estimate of drug-likeness (QED) is 0.799. The van der Waals surface area contributed by atoms with Crippen molar-refractivity contribution in [2.45, 2.75) is 13.8 Å². The van der Waals surface area contributed by atoms with Crippen molar-refractivity contribution in [3.63, 3.8) is 0 Å². The van der Waals surface area contributed by atoms with E-state index in [4.69, 9.17) is 20.8 Å². The van der Waals surface area contributed by atoms with E-state index in [2.05, 4.69) is 10.2 Å². The first-order valence-electron chi connectivity index (χ1n) is 5.39. The molecule has 0 atom stereocenters. The lowest BCUT2D eigenvalue weighted by atomic mass is 10.1. The average Bonchev–Trinajstić information content (AvgIpc) is 2.78. The Kier molecular flexibility index (Phi) is 3.62.